The van der Waals surface area contributed by atoms with Gasteiger partial charge in [-0.3, -0.25) is 14.9 Å². The fraction of sp³-hybridized carbons (Fsp3) is 0.227. The highest BCUT2D eigenvalue weighted by Gasteiger charge is 2.34. The third-order valence-corrected chi connectivity index (χ3v) is 5.94. The molecule has 0 saturated carbocycles. The summed E-state index contributed by atoms with van der Waals surface area (Å²) < 4.78 is 7.06. The van der Waals surface area contributed by atoms with Crippen LogP contribution in [0.1, 0.15) is 46.0 Å². The van der Waals surface area contributed by atoms with E-state index in [1.807, 2.05) is 16.7 Å². The zero-order chi connectivity index (χ0) is 21.4. The van der Waals surface area contributed by atoms with Gasteiger partial charge in [-0.2, -0.15) is 0 Å². The summed E-state index contributed by atoms with van der Waals surface area (Å²) in [6.07, 6.45) is 0.764. The van der Waals surface area contributed by atoms with Crippen LogP contribution in [0.5, 0.6) is 0 Å². The lowest BCUT2D eigenvalue weighted by molar-refractivity contribution is 0.0514. The second-order valence-corrected chi connectivity index (χ2v) is 8.01. The maximum atomic E-state index is 12.7. The monoisotopic (exact) mass is 490 g/mol. The van der Waals surface area contributed by atoms with Gasteiger partial charge in [0.15, 0.2) is 0 Å². The zero-order valence-electron chi connectivity index (χ0n) is 16.1. The molecule has 4 rings (SSSR count). The first-order valence-electron chi connectivity index (χ1n) is 9.51. The topological polar surface area (TPSA) is 77.4 Å². The van der Waals surface area contributed by atoms with Crippen molar-refractivity contribution in [2.45, 2.75) is 19.9 Å². The molecule has 156 valence electrons. The number of aryl methyl sites for hydroxylation is 1. The number of amides is 2. The van der Waals surface area contributed by atoms with Crippen LogP contribution in [0, 0.1) is 0 Å². The maximum Gasteiger partial charge on any atom is 0.354 e. The van der Waals surface area contributed by atoms with Crippen LogP contribution in [0.2, 0.25) is 5.02 Å². The molecule has 6 nitrogen and oxygen atoms in total. The highest BCUT2D eigenvalue weighted by molar-refractivity contribution is 9.09. The first-order valence-corrected chi connectivity index (χ1v) is 11.0. The van der Waals surface area contributed by atoms with Crippen molar-refractivity contribution in [1.29, 1.82) is 0 Å². The van der Waals surface area contributed by atoms with E-state index in [4.69, 9.17) is 16.3 Å². The maximum absolute atomic E-state index is 12.7. The first-order chi connectivity index (χ1) is 14.5. The van der Waals surface area contributed by atoms with Gasteiger partial charge in [0.1, 0.15) is 5.69 Å². The van der Waals surface area contributed by atoms with Gasteiger partial charge in [-0.15, -0.1) is 0 Å². The Hall–Kier alpha value is -2.64. The number of fused-ring (bicyclic) bond motifs is 3. The molecule has 2 amide bonds. The van der Waals surface area contributed by atoms with E-state index in [0.29, 0.717) is 39.3 Å². The second kappa shape index (κ2) is 8.24. The number of alkyl halides is 1. The third kappa shape index (κ3) is 3.32. The first kappa shape index (κ1) is 20.6. The third-order valence-electron chi connectivity index (χ3n) is 5.05. The molecule has 2 heterocycles. The molecule has 3 aromatic rings. The van der Waals surface area contributed by atoms with Crippen LogP contribution in [0.15, 0.2) is 36.4 Å². The van der Waals surface area contributed by atoms with Crippen molar-refractivity contribution in [1.82, 2.24) is 9.88 Å². The summed E-state index contributed by atoms with van der Waals surface area (Å²) in [5, 5.41) is 4.13. The predicted molar refractivity (Wildman–Crippen MR) is 121 cm³/mol. The van der Waals surface area contributed by atoms with E-state index in [1.54, 1.807) is 31.2 Å². The van der Waals surface area contributed by atoms with Gasteiger partial charge >= 0.3 is 5.97 Å². The minimum Gasteiger partial charge on any atom is -0.461 e. The van der Waals surface area contributed by atoms with E-state index in [-0.39, 0.29) is 19.2 Å². The number of benzene rings is 2. The van der Waals surface area contributed by atoms with E-state index in [1.165, 1.54) is 0 Å². The summed E-state index contributed by atoms with van der Waals surface area (Å²) in [5.41, 5.74) is 2.76. The van der Waals surface area contributed by atoms with E-state index in [0.717, 1.165) is 11.8 Å². The van der Waals surface area contributed by atoms with Crippen LogP contribution < -0.4 is 5.32 Å². The number of aromatic nitrogens is 1. The Morgan fingerprint density at radius 1 is 1.17 bits per heavy atom. The van der Waals surface area contributed by atoms with Crippen molar-refractivity contribution in [3.8, 4) is 11.1 Å². The molecule has 1 N–H and O–H groups in total. The number of hydrogen-bond donors (Lipinski definition) is 1. The van der Waals surface area contributed by atoms with Crippen LogP contribution in [-0.4, -0.2) is 34.3 Å². The Labute approximate surface area is 187 Å². The Kier molecular flexibility index (Phi) is 5.66. The van der Waals surface area contributed by atoms with Gasteiger partial charge in [-0.1, -0.05) is 45.7 Å². The standard InChI is InChI=1S/C22H18BrClN2O4.H2/c1-2-30-22(29)17-11-14-16(26(17)9-5-8-23)10-13(12-6-3-4-7-15(12)24)18-19(14)21(28)25-20(18)27;/h3-4,6-7,10-11H,2,5,8-9H2,1H3,(H,25,27,28);1H. The molecule has 1 aliphatic rings. The van der Waals surface area contributed by atoms with Crippen LogP contribution in [0.25, 0.3) is 22.0 Å². The largest absolute Gasteiger partial charge is 0.461 e. The molecular weight excluding hydrogens is 472 g/mol. The number of nitrogens with one attached hydrogen (secondary N) is 1. The smallest absolute Gasteiger partial charge is 0.354 e. The molecule has 0 unspecified atom stereocenters. The number of carbonyl (C=O) groups excluding carboxylic acids is 3. The molecule has 0 saturated heterocycles. The molecule has 0 aliphatic carbocycles. The number of esters is 1. The van der Waals surface area contributed by atoms with Crippen LogP contribution in [-0.2, 0) is 11.3 Å². The number of carbonyl (C=O) groups is 3. The Morgan fingerprint density at radius 2 is 1.90 bits per heavy atom. The highest BCUT2D eigenvalue weighted by Crippen LogP contribution is 2.39. The highest BCUT2D eigenvalue weighted by atomic mass is 79.9. The fourth-order valence-corrected chi connectivity index (χ4v) is 4.31. The quantitative estimate of drug-likeness (QED) is 0.297. The number of rotatable bonds is 6. The number of nitrogens with zero attached hydrogens (tertiary/aromatic N) is 1. The summed E-state index contributed by atoms with van der Waals surface area (Å²) in [4.78, 5) is 37.9. The lowest BCUT2D eigenvalue weighted by Crippen LogP contribution is -2.20. The van der Waals surface area contributed by atoms with Crippen molar-refractivity contribution in [3.63, 3.8) is 0 Å². The van der Waals surface area contributed by atoms with Gasteiger partial charge in [0.2, 0.25) is 0 Å². The second-order valence-electron chi connectivity index (χ2n) is 6.81. The van der Waals surface area contributed by atoms with Gasteiger partial charge in [-0.25, -0.2) is 4.79 Å². The molecule has 0 fully saturated rings. The van der Waals surface area contributed by atoms with Gasteiger partial charge in [0.05, 0.1) is 23.3 Å². The average Bonchev–Trinajstić information content (AvgIpc) is 3.23. The van der Waals surface area contributed by atoms with Crippen molar-refractivity contribution < 1.29 is 20.5 Å². The summed E-state index contributed by atoms with van der Waals surface area (Å²) in [5.74, 6) is -1.43. The van der Waals surface area contributed by atoms with E-state index < -0.39 is 17.8 Å². The van der Waals surface area contributed by atoms with Gasteiger partial charge in [0.25, 0.3) is 11.8 Å². The molecular formula is C22H20BrClN2O4. The minimum absolute atomic E-state index is 0. The molecule has 8 heteroatoms. The van der Waals surface area contributed by atoms with Crippen molar-refractivity contribution >= 4 is 56.2 Å². The number of halogens is 2. The van der Waals surface area contributed by atoms with Crippen molar-refractivity contribution in [3.05, 3.63) is 58.2 Å². The summed E-state index contributed by atoms with van der Waals surface area (Å²) in [7, 11) is 0. The Morgan fingerprint density at radius 3 is 2.60 bits per heavy atom. The Balaban J connectivity index is 0.00000272. The average molecular weight is 492 g/mol. The Bertz CT molecular complexity index is 1210. The lowest BCUT2D eigenvalue weighted by Gasteiger charge is -2.13. The van der Waals surface area contributed by atoms with Crippen LogP contribution >= 0.6 is 27.5 Å². The number of imide groups is 1. The molecule has 0 spiro atoms. The molecule has 0 radical (unpaired) electrons. The zero-order valence-corrected chi connectivity index (χ0v) is 18.5. The molecule has 2 aromatic carbocycles. The molecule has 1 aliphatic heterocycles. The number of hydrogen-bond acceptors (Lipinski definition) is 4. The van der Waals surface area contributed by atoms with Crippen LogP contribution in [0.3, 0.4) is 0 Å². The number of ether oxygens (including phenoxy) is 1. The lowest BCUT2D eigenvalue weighted by atomic mass is 9.94. The molecule has 1 aromatic heterocycles. The van der Waals surface area contributed by atoms with Gasteiger partial charge in [-0.05, 0) is 37.1 Å². The van der Waals surface area contributed by atoms with E-state index in [9.17, 15) is 14.4 Å². The molecule has 0 bridgehead atoms. The molecule has 30 heavy (non-hydrogen) atoms. The summed E-state index contributed by atoms with van der Waals surface area (Å²) >= 11 is 9.84. The SMILES string of the molecule is CCOC(=O)c1cc2c3c(c(-c4ccccc4Cl)cc2n1CCCBr)C(=O)NC3=O.[HH]. The van der Waals surface area contributed by atoms with E-state index in [2.05, 4.69) is 21.2 Å². The minimum atomic E-state index is -0.484. The van der Waals surface area contributed by atoms with Crippen molar-refractivity contribution in [2.24, 2.45) is 0 Å². The van der Waals surface area contributed by atoms with E-state index >= 15 is 0 Å². The van der Waals surface area contributed by atoms with Gasteiger partial charge in [0, 0.05) is 29.3 Å². The normalized spacial score (nSPS) is 12.9. The summed E-state index contributed by atoms with van der Waals surface area (Å²) in [6, 6.07) is 10.6. The fourth-order valence-electron chi connectivity index (χ4n) is 3.82. The summed E-state index contributed by atoms with van der Waals surface area (Å²) in [6.45, 7) is 2.52. The molecule has 0 atom stereocenters. The van der Waals surface area contributed by atoms with Gasteiger partial charge < -0.3 is 9.30 Å². The van der Waals surface area contributed by atoms with Crippen LogP contribution in [0.4, 0.5) is 0 Å². The van der Waals surface area contributed by atoms with Crippen molar-refractivity contribution in [2.75, 3.05) is 11.9 Å². The predicted octanol–water partition coefficient (Wildman–Crippen LogP) is 5.05.